The molecule has 2 nitrogen and oxygen atoms in total. The number of hydrogen-bond donors (Lipinski definition) is 0. The lowest BCUT2D eigenvalue weighted by Gasteiger charge is -2.05. The van der Waals surface area contributed by atoms with Crippen molar-refractivity contribution < 1.29 is 0 Å². The molecule has 0 amide bonds. The van der Waals surface area contributed by atoms with Crippen LogP contribution in [0.3, 0.4) is 0 Å². The van der Waals surface area contributed by atoms with Gasteiger partial charge in [-0.15, -0.1) is 0 Å². The smallest absolute Gasteiger partial charge is 0.0702 e. The zero-order chi connectivity index (χ0) is 13.1. The Balaban J connectivity index is 2.03. The quantitative estimate of drug-likeness (QED) is 0.679. The van der Waals surface area contributed by atoms with Gasteiger partial charge in [-0.25, -0.2) is 0 Å². The van der Waals surface area contributed by atoms with Gasteiger partial charge in [0.05, 0.1) is 11.4 Å². The van der Waals surface area contributed by atoms with Crippen molar-refractivity contribution in [2.24, 2.45) is 0 Å². The highest BCUT2D eigenvalue weighted by molar-refractivity contribution is 5.69. The molecular weight excluding hydrogens is 232 g/mol. The lowest BCUT2D eigenvalue weighted by molar-refractivity contribution is 1.27. The highest BCUT2D eigenvalue weighted by Crippen LogP contribution is 2.23. The van der Waals surface area contributed by atoms with E-state index >= 15 is 0 Å². The molecule has 0 aliphatic heterocycles. The topological polar surface area (TPSA) is 25.8 Å². The zero-order valence-corrected chi connectivity index (χ0v) is 10.7. The Morgan fingerprint density at radius 3 is 2.16 bits per heavy atom. The predicted molar refractivity (Wildman–Crippen MR) is 77.6 cm³/mol. The van der Waals surface area contributed by atoms with Gasteiger partial charge in [0.15, 0.2) is 0 Å². The van der Waals surface area contributed by atoms with Gasteiger partial charge in [-0.1, -0.05) is 30.3 Å². The summed E-state index contributed by atoms with van der Waals surface area (Å²) in [6.45, 7) is 2.04. The molecular formula is C17H14N2. The van der Waals surface area contributed by atoms with E-state index in [1.54, 1.807) is 0 Å². The highest BCUT2D eigenvalue weighted by Gasteiger charge is 2.02. The van der Waals surface area contributed by atoms with E-state index in [9.17, 15) is 0 Å². The maximum Gasteiger partial charge on any atom is 0.0702 e. The molecule has 19 heavy (non-hydrogen) atoms. The molecule has 0 spiro atoms. The number of aromatic nitrogens is 2. The van der Waals surface area contributed by atoms with Gasteiger partial charge in [-0.3, -0.25) is 9.97 Å². The Morgan fingerprint density at radius 1 is 0.737 bits per heavy atom. The SMILES string of the molecule is Cc1ccc(-c2cccc(-c3ccccn3)c2)nc1. The van der Waals surface area contributed by atoms with Crippen LogP contribution in [0.25, 0.3) is 22.5 Å². The molecule has 2 heteroatoms. The fourth-order valence-corrected chi connectivity index (χ4v) is 2.01. The zero-order valence-electron chi connectivity index (χ0n) is 10.7. The minimum atomic E-state index is 0.983. The largest absolute Gasteiger partial charge is 0.256 e. The second-order valence-electron chi connectivity index (χ2n) is 4.52. The Morgan fingerprint density at radius 2 is 1.53 bits per heavy atom. The van der Waals surface area contributed by atoms with Crippen LogP contribution in [0.2, 0.25) is 0 Å². The van der Waals surface area contributed by atoms with Crippen LogP contribution in [-0.4, -0.2) is 9.97 Å². The van der Waals surface area contributed by atoms with Gasteiger partial charge in [0, 0.05) is 23.5 Å². The minimum Gasteiger partial charge on any atom is -0.256 e. The van der Waals surface area contributed by atoms with Crippen molar-refractivity contribution in [1.82, 2.24) is 9.97 Å². The maximum absolute atomic E-state index is 4.46. The second kappa shape index (κ2) is 5.02. The molecule has 2 aromatic heterocycles. The fourth-order valence-electron chi connectivity index (χ4n) is 2.01. The molecule has 0 saturated heterocycles. The van der Waals surface area contributed by atoms with Gasteiger partial charge in [-0.2, -0.15) is 0 Å². The van der Waals surface area contributed by atoms with E-state index in [0.29, 0.717) is 0 Å². The average molecular weight is 246 g/mol. The molecule has 3 rings (SSSR count). The van der Waals surface area contributed by atoms with Crippen molar-refractivity contribution in [2.45, 2.75) is 6.92 Å². The summed E-state index contributed by atoms with van der Waals surface area (Å²) in [7, 11) is 0. The molecule has 3 aromatic rings. The lowest BCUT2D eigenvalue weighted by Crippen LogP contribution is -1.86. The van der Waals surface area contributed by atoms with E-state index in [2.05, 4.69) is 34.2 Å². The Kier molecular flexibility index (Phi) is 3.07. The van der Waals surface area contributed by atoms with E-state index in [0.717, 1.165) is 22.5 Å². The monoisotopic (exact) mass is 246 g/mol. The molecule has 0 unspecified atom stereocenters. The summed E-state index contributed by atoms with van der Waals surface area (Å²) in [6.07, 6.45) is 3.70. The van der Waals surface area contributed by atoms with Crippen LogP contribution in [-0.2, 0) is 0 Å². The van der Waals surface area contributed by atoms with Crippen molar-refractivity contribution in [1.29, 1.82) is 0 Å². The van der Waals surface area contributed by atoms with Crippen molar-refractivity contribution in [3.8, 4) is 22.5 Å². The molecule has 0 radical (unpaired) electrons. The second-order valence-corrected chi connectivity index (χ2v) is 4.52. The van der Waals surface area contributed by atoms with Gasteiger partial charge >= 0.3 is 0 Å². The van der Waals surface area contributed by atoms with E-state index < -0.39 is 0 Å². The predicted octanol–water partition coefficient (Wildman–Crippen LogP) is 4.12. The molecule has 2 heterocycles. The van der Waals surface area contributed by atoms with Crippen LogP contribution in [0.1, 0.15) is 5.56 Å². The molecule has 0 aliphatic carbocycles. The minimum absolute atomic E-state index is 0.983. The van der Waals surface area contributed by atoms with Gasteiger partial charge in [0.1, 0.15) is 0 Å². The summed E-state index contributed by atoms with van der Waals surface area (Å²) in [5.74, 6) is 0. The van der Waals surface area contributed by atoms with Crippen LogP contribution in [0.15, 0.2) is 67.0 Å². The first kappa shape index (κ1) is 11.6. The van der Waals surface area contributed by atoms with Crippen LogP contribution >= 0.6 is 0 Å². The molecule has 0 bridgehead atoms. The van der Waals surface area contributed by atoms with Crippen LogP contribution in [0, 0.1) is 6.92 Å². The van der Waals surface area contributed by atoms with Gasteiger partial charge in [-0.05, 0) is 36.8 Å². The molecule has 0 N–H and O–H groups in total. The Labute approximate surface area is 112 Å². The number of pyridine rings is 2. The van der Waals surface area contributed by atoms with Crippen molar-refractivity contribution in [3.63, 3.8) is 0 Å². The average Bonchev–Trinajstić information content (AvgIpc) is 2.49. The third kappa shape index (κ3) is 2.52. The van der Waals surface area contributed by atoms with Crippen molar-refractivity contribution in [2.75, 3.05) is 0 Å². The van der Waals surface area contributed by atoms with Crippen molar-refractivity contribution >= 4 is 0 Å². The van der Waals surface area contributed by atoms with Gasteiger partial charge in [0.25, 0.3) is 0 Å². The van der Waals surface area contributed by atoms with Crippen molar-refractivity contribution in [3.05, 3.63) is 72.6 Å². The van der Waals surface area contributed by atoms with Crippen LogP contribution in [0.5, 0.6) is 0 Å². The van der Waals surface area contributed by atoms with E-state index in [1.165, 1.54) is 5.56 Å². The number of nitrogens with zero attached hydrogens (tertiary/aromatic N) is 2. The standard InChI is InChI=1S/C17H14N2/c1-13-8-9-17(19-12-13)15-6-4-5-14(11-15)16-7-2-3-10-18-16/h2-12H,1H3. The summed E-state index contributed by atoms with van der Waals surface area (Å²) in [4.78, 5) is 8.84. The molecule has 0 fully saturated rings. The van der Waals surface area contributed by atoms with Crippen LogP contribution < -0.4 is 0 Å². The van der Waals surface area contributed by atoms with E-state index in [-0.39, 0.29) is 0 Å². The third-order valence-electron chi connectivity index (χ3n) is 3.03. The number of hydrogen-bond acceptors (Lipinski definition) is 2. The molecule has 0 aliphatic rings. The lowest BCUT2D eigenvalue weighted by atomic mass is 10.0. The molecule has 1 aromatic carbocycles. The first-order valence-corrected chi connectivity index (χ1v) is 6.27. The number of aryl methyl sites for hydroxylation is 1. The summed E-state index contributed by atoms with van der Waals surface area (Å²) in [6, 6.07) is 18.4. The molecule has 0 saturated carbocycles. The van der Waals surface area contributed by atoms with Crippen LogP contribution in [0.4, 0.5) is 0 Å². The third-order valence-corrected chi connectivity index (χ3v) is 3.03. The first-order valence-electron chi connectivity index (χ1n) is 6.27. The Hall–Kier alpha value is -2.48. The summed E-state index contributed by atoms with van der Waals surface area (Å²) in [5.41, 5.74) is 5.37. The summed E-state index contributed by atoms with van der Waals surface area (Å²) < 4.78 is 0. The molecule has 92 valence electrons. The van der Waals surface area contributed by atoms with Gasteiger partial charge in [0.2, 0.25) is 0 Å². The molecule has 0 atom stereocenters. The fraction of sp³-hybridized carbons (Fsp3) is 0.0588. The van der Waals surface area contributed by atoms with Gasteiger partial charge < -0.3 is 0 Å². The number of benzene rings is 1. The van der Waals surface area contributed by atoms with E-state index in [1.807, 2.05) is 49.6 Å². The first-order chi connectivity index (χ1) is 9.33. The number of rotatable bonds is 2. The van der Waals surface area contributed by atoms with E-state index in [4.69, 9.17) is 0 Å². The normalized spacial score (nSPS) is 10.4. The highest BCUT2D eigenvalue weighted by atomic mass is 14.7. The Bertz CT molecular complexity index is 673. The maximum atomic E-state index is 4.46. The summed E-state index contributed by atoms with van der Waals surface area (Å²) in [5, 5.41) is 0. The summed E-state index contributed by atoms with van der Waals surface area (Å²) >= 11 is 0.